The van der Waals surface area contributed by atoms with Gasteiger partial charge in [0, 0.05) is 13.1 Å². The molecule has 0 atom stereocenters. The third-order valence-electron chi connectivity index (χ3n) is 4.22. The van der Waals surface area contributed by atoms with Crippen molar-refractivity contribution in [1.29, 1.82) is 0 Å². The molecule has 0 amide bonds. The summed E-state index contributed by atoms with van der Waals surface area (Å²) < 4.78 is 26.4. The molecule has 0 bridgehead atoms. The number of nitrogens with zero attached hydrogens (tertiary/aromatic N) is 1. The van der Waals surface area contributed by atoms with E-state index in [1.54, 1.807) is 12.1 Å². The Labute approximate surface area is 120 Å². The molecule has 1 aliphatic rings. The Bertz CT molecular complexity index is 632. The lowest BCUT2D eigenvalue weighted by Crippen LogP contribution is -2.65. The Morgan fingerprint density at radius 3 is 2.25 bits per heavy atom. The van der Waals surface area contributed by atoms with E-state index in [0.717, 1.165) is 11.1 Å². The zero-order chi connectivity index (χ0) is 15.3. The van der Waals surface area contributed by atoms with Crippen LogP contribution in [0.1, 0.15) is 25.0 Å². The van der Waals surface area contributed by atoms with Crippen molar-refractivity contribution in [3.63, 3.8) is 0 Å². The third kappa shape index (κ3) is 2.32. The van der Waals surface area contributed by atoms with Crippen molar-refractivity contribution >= 4 is 15.7 Å². The first-order valence-corrected chi connectivity index (χ1v) is 8.11. The van der Waals surface area contributed by atoms with Gasteiger partial charge in [0.15, 0.2) is 0 Å². The average Bonchev–Trinajstić information content (AvgIpc) is 2.29. The zero-order valence-electron chi connectivity index (χ0n) is 12.3. The molecule has 1 heterocycles. The summed E-state index contributed by atoms with van der Waals surface area (Å²) in [5, 5.41) is 10.2. The fourth-order valence-corrected chi connectivity index (χ4v) is 4.02. The highest BCUT2D eigenvalue weighted by Gasteiger charge is 2.49. The van der Waals surface area contributed by atoms with Crippen LogP contribution in [-0.2, 0) is 10.0 Å². The van der Waals surface area contributed by atoms with Gasteiger partial charge in [0.05, 0.1) is 11.3 Å². The molecule has 1 fully saturated rings. The van der Waals surface area contributed by atoms with Gasteiger partial charge in [0.1, 0.15) is 4.90 Å². The first kappa shape index (κ1) is 15.3. The van der Waals surface area contributed by atoms with Crippen LogP contribution < -0.4 is 5.73 Å². The van der Waals surface area contributed by atoms with Crippen molar-refractivity contribution in [3.05, 3.63) is 23.3 Å². The summed E-state index contributed by atoms with van der Waals surface area (Å²) >= 11 is 0. The van der Waals surface area contributed by atoms with Gasteiger partial charge in [0.25, 0.3) is 0 Å². The lowest BCUT2D eigenvalue weighted by Gasteiger charge is -2.48. The smallest absolute Gasteiger partial charge is 0.245 e. The third-order valence-corrected chi connectivity index (χ3v) is 6.07. The van der Waals surface area contributed by atoms with E-state index in [1.807, 2.05) is 27.7 Å². The standard InChI is InChI=1S/C14H22N2O3S/c1-9(2)14(17)7-16(8-14)20(18,19)13-6-11(4)10(3)5-12(13)15/h5-6,9,17H,7-8,15H2,1-4H3. The van der Waals surface area contributed by atoms with Crippen molar-refractivity contribution in [2.75, 3.05) is 18.8 Å². The van der Waals surface area contributed by atoms with Crippen molar-refractivity contribution in [3.8, 4) is 0 Å². The van der Waals surface area contributed by atoms with Crippen LogP contribution in [0.2, 0.25) is 0 Å². The Morgan fingerprint density at radius 1 is 1.25 bits per heavy atom. The Balaban J connectivity index is 2.32. The van der Waals surface area contributed by atoms with Gasteiger partial charge in [-0.25, -0.2) is 8.42 Å². The Hall–Kier alpha value is -1.11. The molecule has 1 saturated heterocycles. The van der Waals surface area contributed by atoms with Gasteiger partial charge in [-0.3, -0.25) is 0 Å². The first-order chi connectivity index (χ1) is 9.08. The number of rotatable bonds is 3. The molecule has 3 N–H and O–H groups in total. The number of benzene rings is 1. The lowest BCUT2D eigenvalue weighted by molar-refractivity contribution is -0.0932. The molecule has 1 aromatic carbocycles. The maximum Gasteiger partial charge on any atom is 0.245 e. The largest absolute Gasteiger partial charge is 0.398 e. The van der Waals surface area contributed by atoms with Gasteiger partial charge in [-0.05, 0) is 43.0 Å². The minimum atomic E-state index is -3.63. The van der Waals surface area contributed by atoms with Crippen molar-refractivity contribution in [2.45, 2.75) is 38.2 Å². The van der Waals surface area contributed by atoms with E-state index in [4.69, 9.17) is 5.73 Å². The summed E-state index contributed by atoms with van der Waals surface area (Å²) in [6.45, 7) is 7.76. The molecule has 5 nitrogen and oxygen atoms in total. The molecule has 1 aliphatic heterocycles. The van der Waals surface area contributed by atoms with Crippen LogP contribution in [0.4, 0.5) is 5.69 Å². The molecule has 1 aromatic rings. The second kappa shape index (κ2) is 4.72. The predicted molar refractivity (Wildman–Crippen MR) is 78.9 cm³/mol. The summed E-state index contributed by atoms with van der Waals surface area (Å²) in [6, 6.07) is 3.28. The van der Waals surface area contributed by atoms with E-state index in [2.05, 4.69) is 0 Å². The Morgan fingerprint density at radius 2 is 1.75 bits per heavy atom. The molecule has 0 unspecified atom stereocenters. The van der Waals surface area contributed by atoms with E-state index in [0.29, 0.717) is 0 Å². The maximum absolute atomic E-state index is 12.5. The second-order valence-corrected chi connectivity index (χ2v) is 7.91. The number of nitrogens with two attached hydrogens (primary N) is 1. The highest BCUT2D eigenvalue weighted by Crippen LogP contribution is 2.35. The van der Waals surface area contributed by atoms with Gasteiger partial charge >= 0.3 is 0 Å². The van der Waals surface area contributed by atoms with Crippen molar-refractivity contribution < 1.29 is 13.5 Å². The maximum atomic E-state index is 12.5. The summed E-state index contributed by atoms with van der Waals surface area (Å²) in [5.41, 5.74) is 7.03. The van der Waals surface area contributed by atoms with Crippen LogP contribution in [0, 0.1) is 19.8 Å². The number of β-amino-alcohol motifs (C(OH)–C–C–N with tert-alkyl or cyclic N) is 1. The number of aryl methyl sites for hydroxylation is 2. The fourth-order valence-electron chi connectivity index (χ4n) is 2.27. The molecular weight excluding hydrogens is 276 g/mol. The van der Waals surface area contributed by atoms with E-state index < -0.39 is 15.6 Å². The second-order valence-electron chi connectivity index (χ2n) is 6.01. The SMILES string of the molecule is Cc1cc(N)c(S(=O)(=O)N2CC(O)(C(C)C)C2)cc1C. The molecule has 0 aromatic heterocycles. The molecule has 6 heteroatoms. The molecule has 0 radical (unpaired) electrons. The van der Waals surface area contributed by atoms with Gasteiger partial charge in [0.2, 0.25) is 10.0 Å². The number of hydrogen-bond donors (Lipinski definition) is 2. The van der Waals surface area contributed by atoms with Crippen molar-refractivity contribution in [1.82, 2.24) is 4.31 Å². The van der Waals surface area contributed by atoms with Crippen LogP contribution in [-0.4, -0.2) is 36.5 Å². The lowest BCUT2D eigenvalue weighted by atomic mass is 9.85. The summed E-state index contributed by atoms with van der Waals surface area (Å²) in [6.07, 6.45) is 0. The zero-order valence-corrected chi connectivity index (χ0v) is 13.2. The quantitative estimate of drug-likeness (QED) is 0.823. The van der Waals surface area contributed by atoms with Gasteiger partial charge in [-0.1, -0.05) is 13.8 Å². The Kier molecular flexibility index (Phi) is 3.60. The fraction of sp³-hybridized carbons (Fsp3) is 0.571. The van der Waals surface area contributed by atoms with Gasteiger partial charge in [-0.15, -0.1) is 0 Å². The van der Waals surface area contributed by atoms with Gasteiger partial charge < -0.3 is 10.8 Å². The van der Waals surface area contributed by atoms with Gasteiger partial charge in [-0.2, -0.15) is 4.31 Å². The highest BCUT2D eigenvalue weighted by atomic mass is 32.2. The van der Waals surface area contributed by atoms with E-state index >= 15 is 0 Å². The molecule has 112 valence electrons. The molecule has 0 saturated carbocycles. The van der Waals surface area contributed by atoms with Crippen LogP contribution in [0.3, 0.4) is 0 Å². The topological polar surface area (TPSA) is 83.6 Å². The van der Waals surface area contributed by atoms with E-state index in [9.17, 15) is 13.5 Å². The average molecular weight is 298 g/mol. The molecule has 0 aliphatic carbocycles. The molecule has 0 spiro atoms. The normalized spacial score (nSPS) is 19.1. The highest BCUT2D eigenvalue weighted by molar-refractivity contribution is 7.89. The summed E-state index contributed by atoms with van der Waals surface area (Å²) in [4.78, 5) is 0.131. The summed E-state index contributed by atoms with van der Waals surface area (Å²) in [7, 11) is -3.63. The van der Waals surface area contributed by atoms with Crippen molar-refractivity contribution in [2.24, 2.45) is 5.92 Å². The summed E-state index contributed by atoms with van der Waals surface area (Å²) in [5.74, 6) is 0.0195. The molecule has 2 rings (SSSR count). The van der Waals surface area contributed by atoms with Crippen LogP contribution >= 0.6 is 0 Å². The van der Waals surface area contributed by atoms with E-state index in [-0.39, 0.29) is 29.6 Å². The number of hydrogen-bond acceptors (Lipinski definition) is 4. The monoisotopic (exact) mass is 298 g/mol. The van der Waals surface area contributed by atoms with Crippen LogP contribution in [0.15, 0.2) is 17.0 Å². The number of anilines is 1. The minimum absolute atomic E-state index is 0.0195. The van der Waals surface area contributed by atoms with E-state index in [1.165, 1.54) is 4.31 Å². The number of nitrogen functional groups attached to an aromatic ring is 1. The molecular formula is C14H22N2O3S. The first-order valence-electron chi connectivity index (χ1n) is 6.67. The predicted octanol–water partition coefficient (Wildman–Crippen LogP) is 1.28. The number of aliphatic hydroxyl groups is 1. The number of sulfonamides is 1. The van der Waals surface area contributed by atoms with Crippen LogP contribution in [0.5, 0.6) is 0 Å². The molecule has 20 heavy (non-hydrogen) atoms. The minimum Gasteiger partial charge on any atom is -0.398 e. The van der Waals surface area contributed by atoms with Crippen LogP contribution in [0.25, 0.3) is 0 Å².